The molecule has 0 bridgehead atoms. The molecule has 43 heavy (non-hydrogen) atoms. The van der Waals surface area contributed by atoms with Crippen molar-refractivity contribution in [1.29, 1.82) is 0 Å². The zero-order valence-corrected chi connectivity index (χ0v) is 26.5. The molecule has 0 unspecified atom stereocenters. The Morgan fingerprint density at radius 3 is 2.23 bits per heavy atom. The van der Waals surface area contributed by atoms with Crippen molar-refractivity contribution >= 4 is 5.97 Å². The van der Waals surface area contributed by atoms with Gasteiger partial charge in [-0.1, -0.05) is 101 Å². The summed E-state index contributed by atoms with van der Waals surface area (Å²) in [4.78, 5) is 11.7. The minimum Gasteiger partial charge on any atom is -0.490 e. The van der Waals surface area contributed by atoms with Crippen molar-refractivity contribution in [3.63, 3.8) is 0 Å². The highest BCUT2D eigenvalue weighted by Gasteiger charge is 2.22. The molecule has 1 aliphatic carbocycles. The van der Waals surface area contributed by atoms with Crippen LogP contribution in [-0.2, 0) is 22.4 Å². The molecule has 0 spiro atoms. The lowest BCUT2D eigenvalue weighted by Crippen LogP contribution is -2.13. The van der Waals surface area contributed by atoms with Gasteiger partial charge in [-0.25, -0.2) is 4.79 Å². The van der Waals surface area contributed by atoms with Gasteiger partial charge in [0.25, 0.3) is 0 Å². The second-order valence-electron chi connectivity index (χ2n) is 12.1. The van der Waals surface area contributed by atoms with E-state index in [-0.39, 0.29) is 19.8 Å². The smallest absolute Gasteiger partial charge is 0.333 e. The summed E-state index contributed by atoms with van der Waals surface area (Å²) in [6.07, 6.45) is 12.4. The number of aryl methyl sites for hydroxylation is 1. The molecule has 0 heterocycles. The van der Waals surface area contributed by atoms with Crippen molar-refractivity contribution in [2.45, 2.75) is 90.9 Å². The Morgan fingerprint density at radius 2 is 1.56 bits per heavy atom. The summed E-state index contributed by atoms with van der Waals surface area (Å²) < 4.78 is 11.2. The van der Waals surface area contributed by atoms with Crippen LogP contribution in [0.15, 0.2) is 72.8 Å². The highest BCUT2D eigenvalue weighted by molar-refractivity contribution is 5.86. The first kappa shape index (κ1) is 32.5. The number of carbonyl (C=O) groups is 1. The molecule has 1 aliphatic rings. The first-order chi connectivity index (χ1) is 20.9. The molecule has 3 aromatic rings. The first-order valence-electron chi connectivity index (χ1n) is 16.4. The molecule has 0 aliphatic heterocycles. The first-order valence-corrected chi connectivity index (χ1v) is 16.4. The maximum Gasteiger partial charge on any atom is 0.333 e. The van der Waals surface area contributed by atoms with E-state index in [0.717, 1.165) is 29.0 Å². The normalized spacial score (nSPS) is 16.6. The third-order valence-corrected chi connectivity index (χ3v) is 8.95. The molecule has 1 fully saturated rings. The topological polar surface area (TPSA) is 55.8 Å². The lowest BCUT2D eigenvalue weighted by molar-refractivity contribution is -0.139. The van der Waals surface area contributed by atoms with Gasteiger partial charge < -0.3 is 14.6 Å². The number of hydrogen-bond acceptors (Lipinski definition) is 4. The van der Waals surface area contributed by atoms with Gasteiger partial charge >= 0.3 is 5.97 Å². The van der Waals surface area contributed by atoms with Crippen LogP contribution in [0.1, 0.15) is 94.7 Å². The van der Waals surface area contributed by atoms with Crippen molar-refractivity contribution in [2.24, 2.45) is 5.92 Å². The Kier molecular flexibility index (Phi) is 12.5. The standard InChI is InChI=1S/C39H50O4/c1-5-7-8-9-29-10-12-31(13-11-29)32-14-16-33(17-15-32)37-21-20-35(26-30(37)6-2)36-19-18-34(22-23-40)38(27-36)42-24-25-43-39(41)28(3)4/h14-21,26-27,29,31,40H,3,5-13,22-25H2,1-2,4H3. The minimum absolute atomic E-state index is 0.0358. The highest BCUT2D eigenvalue weighted by Crippen LogP contribution is 2.39. The average Bonchev–Trinajstić information content (AvgIpc) is 3.04. The molecule has 4 rings (SSSR count). The number of aliphatic hydroxyl groups is 1. The van der Waals surface area contributed by atoms with E-state index >= 15 is 0 Å². The second kappa shape index (κ2) is 16.5. The zero-order chi connectivity index (χ0) is 30.6. The molecule has 4 nitrogen and oxygen atoms in total. The molecular formula is C39H50O4. The van der Waals surface area contributed by atoms with E-state index in [2.05, 4.69) is 69.0 Å². The molecule has 4 heteroatoms. The maximum atomic E-state index is 11.7. The van der Waals surface area contributed by atoms with Crippen LogP contribution in [0, 0.1) is 5.92 Å². The van der Waals surface area contributed by atoms with Crippen molar-refractivity contribution < 1.29 is 19.4 Å². The lowest BCUT2D eigenvalue weighted by Gasteiger charge is -2.29. The molecule has 3 aromatic carbocycles. The SMILES string of the molecule is C=C(C)C(=O)OCCOc1cc(-c2ccc(-c3ccc(C4CCC(CCCCC)CC4)cc3)c(CC)c2)ccc1CCO. The number of esters is 1. The largest absolute Gasteiger partial charge is 0.490 e. The molecule has 1 N–H and O–H groups in total. The van der Waals surface area contributed by atoms with E-state index in [4.69, 9.17) is 9.47 Å². The Balaban J connectivity index is 1.44. The summed E-state index contributed by atoms with van der Waals surface area (Å²) in [5, 5.41) is 9.55. The van der Waals surface area contributed by atoms with Crippen LogP contribution in [0.4, 0.5) is 0 Å². The van der Waals surface area contributed by atoms with Crippen molar-refractivity contribution in [3.05, 3.63) is 89.5 Å². The van der Waals surface area contributed by atoms with E-state index in [1.807, 2.05) is 12.1 Å². The van der Waals surface area contributed by atoms with Crippen LogP contribution in [0.5, 0.6) is 5.75 Å². The Labute approximate surface area is 259 Å². The van der Waals surface area contributed by atoms with Crippen molar-refractivity contribution in [3.8, 4) is 28.0 Å². The number of benzene rings is 3. The van der Waals surface area contributed by atoms with Crippen LogP contribution in [0.3, 0.4) is 0 Å². The third kappa shape index (κ3) is 9.06. The Morgan fingerprint density at radius 1 is 0.860 bits per heavy atom. The number of carbonyl (C=O) groups excluding carboxylic acids is 1. The van der Waals surface area contributed by atoms with E-state index in [9.17, 15) is 9.90 Å². The summed E-state index contributed by atoms with van der Waals surface area (Å²) in [6, 6.07) is 22.2. The summed E-state index contributed by atoms with van der Waals surface area (Å²) in [5.74, 6) is 1.92. The maximum absolute atomic E-state index is 11.7. The predicted octanol–water partition coefficient (Wildman–Crippen LogP) is 9.47. The van der Waals surface area contributed by atoms with Gasteiger partial charge in [0.05, 0.1) is 0 Å². The fourth-order valence-electron chi connectivity index (χ4n) is 6.35. The van der Waals surface area contributed by atoms with Gasteiger partial charge in [0.1, 0.15) is 19.0 Å². The van der Waals surface area contributed by atoms with Crippen LogP contribution >= 0.6 is 0 Å². The summed E-state index contributed by atoms with van der Waals surface area (Å²) in [5.41, 5.74) is 8.83. The lowest BCUT2D eigenvalue weighted by atomic mass is 9.77. The highest BCUT2D eigenvalue weighted by atomic mass is 16.6. The van der Waals surface area contributed by atoms with Gasteiger partial charge in [-0.15, -0.1) is 0 Å². The Hall–Kier alpha value is -3.37. The zero-order valence-electron chi connectivity index (χ0n) is 26.5. The van der Waals surface area contributed by atoms with Gasteiger partial charge in [-0.2, -0.15) is 0 Å². The minimum atomic E-state index is -0.421. The monoisotopic (exact) mass is 582 g/mol. The van der Waals surface area contributed by atoms with Gasteiger partial charge in [-0.05, 0) is 102 Å². The van der Waals surface area contributed by atoms with Crippen molar-refractivity contribution in [1.82, 2.24) is 0 Å². The van der Waals surface area contributed by atoms with Gasteiger partial charge in [0.15, 0.2) is 0 Å². The molecular weight excluding hydrogens is 532 g/mol. The quantitative estimate of drug-likeness (QED) is 0.110. The van der Waals surface area contributed by atoms with E-state index in [0.29, 0.717) is 23.7 Å². The van der Waals surface area contributed by atoms with Crippen LogP contribution in [0.25, 0.3) is 22.3 Å². The molecule has 0 saturated heterocycles. The summed E-state index contributed by atoms with van der Waals surface area (Å²) >= 11 is 0. The van der Waals surface area contributed by atoms with Gasteiger partial charge in [0, 0.05) is 12.2 Å². The molecule has 230 valence electrons. The van der Waals surface area contributed by atoms with Gasteiger partial charge in [-0.3, -0.25) is 0 Å². The number of rotatable bonds is 15. The Bertz CT molecular complexity index is 1330. The van der Waals surface area contributed by atoms with Crippen LogP contribution in [0.2, 0.25) is 0 Å². The number of ether oxygens (including phenoxy) is 2. The number of hydrogen-bond donors (Lipinski definition) is 1. The van der Waals surface area contributed by atoms with Crippen LogP contribution < -0.4 is 4.74 Å². The molecule has 0 radical (unpaired) electrons. The van der Waals surface area contributed by atoms with Crippen LogP contribution in [-0.4, -0.2) is 30.9 Å². The predicted molar refractivity (Wildman–Crippen MR) is 178 cm³/mol. The number of unbranched alkanes of at least 4 members (excludes halogenated alkanes) is 2. The second-order valence-corrected chi connectivity index (χ2v) is 12.1. The molecule has 0 atom stereocenters. The van der Waals surface area contributed by atoms with Crippen molar-refractivity contribution in [2.75, 3.05) is 19.8 Å². The average molecular weight is 583 g/mol. The van der Waals surface area contributed by atoms with E-state index in [1.54, 1.807) is 6.92 Å². The number of aliphatic hydroxyl groups excluding tert-OH is 1. The molecule has 0 amide bonds. The molecule has 1 saturated carbocycles. The third-order valence-electron chi connectivity index (χ3n) is 8.95. The van der Waals surface area contributed by atoms with E-state index < -0.39 is 5.97 Å². The molecule has 0 aromatic heterocycles. The fraction of sp³-hybridized carbons (Fsp3) is 0.462. The van der Waals surface area contributed by atoms with E-state index in [1.165, 1.54) is 73.6 Å². The van der Waals surface area contributed by atoms with Gasteiger partial charge in [0.2, 0.25) is 0 Å². The summed E-state index contributed by atoms with van der Waals surface area (Å²) in [7, 11) is 0. The fourth-order valence-corrected chi connectivity index (χ4v) is 6.35. The summed E-state index contributed by atoms with van der Waals surface area (Å²) in [6.45, 7) is 10.1.